The number of pyridine rings is 1. The average Bonchev–Trinajstić information content (AvgIpc) is 2.55. The van der Waals surface area contributed by atoms with Crippen LogP contribution in [0.25, 0.3) is 5.82 Å². The van der Waals surface area contributed by atoms with E-state index in [9.17, 15) is 13.2 Å². The van der Waals surface area contributed by atoms with E-state index in [0.717, 1.165) is 16.6 Å². The lowest BCUT2D eigenvalue weighted by Crippen LogP contribution is -2.09. The molecule has 0 aliphatic carbocycles. The van der Waals surface area contributed by atoms with Crippen molar-refractivity contribution in [3.63, 3.8) is 0 Å². The predicted molar refractivity (Wildman–Crippen MR) is 68.5 cm³/mol. The number of alkyl halides is 3. The van der Waals surface area contributed by atoms with E-state index in [1.807, 2.05) is 0 Å². The van der Waals surface area contributed by atoms with Crippen molar-refractivity contribution in [3.8, 4) is 5.82 Å². The zero-order valence-electron chi connectivity index (χ0n) is 9.89. The van der Waals surface area contributed by atoms with Gasteiger partial charge < -0.3 is 0 Å². The summed E-state index contributed by atoms with van der Waals surface area (Å²) < 4.78 is 40.2. The summed E-state index contributed by atoms with van der Waals surface area (Å²) in [7, 11) is 0. The molecule has 2 aromatic rings. The second kappa shape index (κ2) is 4.79. The summed E-state index contributed by atoms with van der Waals surface area (Å²) in [4.78, 5) is 3.88. The summed E-state index contributed by atoms with van der Waals surface area (Å²) in [5.74, 6) is 0.0334. The van der Waals surface area contributed by atoms with Crippen LogP contribution in [0.5, 0.6) is 0 Å². The fourth-order valence-electron chi connectivity index (χ4n) is 1.60. The molecule has 0 fully saturated rings. The zero-order chi connectivity index (χ0) is 14.4. The summed E-state index contributed by atoms with van der Waals surface area (Å²) in [6.45, 7) is 3.46. The van der Waals surface area contributed by atoms with Crippen molar-refractivity contribution in [1.82, 2.24) is 14.8 Å². The number of hydrogen-bond acceptors (Lipinski definition) is 2. The molecule has 2 heterocycles. The molecule has 0 aliphatic heterocycles. The molecule has 2 aromatic heterocycles. The van der Waals surface area contributed by atoms with E-state index in [1.54, 1.807) is 13.8 Å². The number of hydrogen-bond donors (Lipinski definition) is 0. The molecule has 0 saturated carbocycles. The van der Waals surface area contributed by atoms with Crippen molar-refractivity contribution in [2.75, 3.05) is 0 Å². The van der Waals surface area contributed by atoms with Gasteiger partial charge in [0, 0.05) is 0 Å². The minimum Gasteiger partial charge on any atom is -0.218 e. The zero-order valence-corrected chi connectivity index (χ0v) is 12.2. The Hall–Kier alpha value is -1.08. The van der Waals surface area contributed by atoms with Crippen molar-refractivity contribution in [2.24, 2.45) is 0 Å². The Labute approximate surface area is 120 Å². The Kier molecular flexibility index (Phi) is 3.61. The number of rotatable bonds is 1. The Bertz CT molecular complexity index is 637. The highest BCUT2D eigenvalue weighted by atomic mass is 79.9. The third-order valence-corrected chi connectivity index (χ3v) is 3.87. The van der Waals surface area contributed by atoms with Gasteiger partial charge >= 0.3 is 6.18 Å². The smallest absolute Gasteiger partial charge is 0.218 e. The topological polar surface area (TPSA) is 30.7 Å². The van der Waals surface area contributed by atoms with E-state index in [2.05, 4.69) is 26.0 Å². The first-order valence-corrected chi connectivity index (χ1v) is 6.34. The Balaban J connectivity index is 2.63. The molecule has 102 valence electrons. The fraction of sp³-hybridized carbons (Fsp3) is 0.273. The molecule has 2 rings (SSSR count). The monoisotopic (exact) mass is 353 g/mol. The number of aromatic nitrogens is 3. The number of halogens is 5. The minimum atomic E-state index is -4.48. The molecule has 3 nitrogen and oxygen atoms in total. The molecule has 0 spiro atoms. The molecule has 0 unspecified atom stereocenters. The molecular weight excluding hydrogens is 346 g/mol. The van der Waals surface area contributed by atoms with Gasteiger partial charge in [-0.15, -0.1) is 0 Å². The van der Waals surface area contributed by atoms with Gasteiger partial charge in [0.1, 0.15) is 5.15 Å². The van der Waals surface area contributed by atoms with Gasteiger partial charge in [-0.3, -0.25) is 0 Å². The Morgan fingerprint density at radius 3 is 2.37 bits per heavy atom. The highest BCUT2D eigenvalue weighted by Gasteiger charge is 2.32. The van der Waals surface area contributed by atoms with Crippen molar-refractivity contribution in [2.45, 2.75) is 20.0 Å². The standard InChI is InChI=1S/C11H8BrClF3N3/c1-5-10(12)6(2)19(18-5)9-4-7(11(14,15)16)3-8(13)17-9/h3-4H,1-2H3. The first-order valence-electron chi connectivity index (χ1n) is 5.17. The van der Waals surface area contributed by atoms with Crippen LogP contribution in [-0.4, -0.2) is 14.8 Å². The lowest BCUT2D eigenvalue weighted by Gasteiger charge is -2.10. The Morgan fingerprint density at radius 1 is 1.26 bits per heavy atom. The lowest BCUT2D eigenvalue weighted by molar-refractivity contribution is -0.137. The molecule has 0 saturated heterocycles. The second-order valence-corrected chi connectivity index (χ2v) is 5.11. The maximum Gasteiger partial charge on any atom is 0.416 e. The van der Waals surface area contributed by atoms with Crippen molar-refractivity contribution in [1.29, 1.82) is 0 Å². The number of aryl methyl sites for hydroxylation is 1. The second-order valence-electron chi connectivity index (χ2n) is 3.93. The van der Waals surface area contributed by atoms with E-state index < -0.39 is 11.7 Å². The van der Waals surface area contributed by atoms with E-state index in [0.29, 0.717) is 11.4 Å². The van der Waals surface area contributed by atoms with Crippen molar-refractivity contribution in [3.05, 3.63) is 38.7 Å². The summed E-state index contributed by atoms with van der Waals surface area (Å²) >= 11 is 8.95. The molecule has 0 N–H and O–H groups in total. The molecule has 0 atom stereocenters. The molecule has 0 radical (unpaired) electrons. The largest absolute Gasteiger partial charge is 0.416 e. The maximum absolute atomic E-state index is 12.7. The van der Waals surface area contributed by atoms with Crippen molar-refractivity contribution >= 4 is 27.5 Å². The van der Waals surface area contributed by atoms with Crippen molar-refractivity contribution < 1.29 is 13.2 Å². The first-order chi connectivity index (χ1) is 8.70. The molecule has 0 aliphatic rings. The minimum absolute atomic E-state index is 0.0334. The van der Waals surface area contributed by atoms with Gasteiger partial charge in [0.25, 0.3) is 0 Å². The predicted octanol–water partition coefficient (Wildman–Crippen LogP) is 4.32. The summed E-state index contributed by atoms with van der Waals surface area (Å²) in [5.41, 5.74) is 0.458. The van der Waals surface area contributed by atoms with Crippen LogP contribution in [-0.2, 0) is 6.18 Å². The van der Waals surface area contributed by atoms with Crippen LogP contribution in [0.4, 0.5) is 13.2 Å². The van der Waals surface area contributed by atoms with E-state index in [-0.39, 0.29) is 11.0 Å². The van der Waals surface area contributed by atoms with Gasteiger partial charge in [-0.2, -0.15) is 18.3 Å². The van der Waals surface area contributed by atoms with Gasteiger partial charge in [0.2, 0.25) is 0 Å². The normalized spacial score (nSPS) is 11.9. The molecule has 0 aromatic carbocycles. The first kappa shape index (κ1) is 14.3. The molecule has 19 heavy (non-hydrogen) atoms. The van der Waals surface area contributed by atoms with Gasteiger partial charge in [0.05, 0.1) is 21.4 Å². The molecule has 0 amide bonds. The highest BCUT2D eigenvalue weighted by Crippen LogP contribution is 2.32. The van der Waals surface area contributed by atoms with E-state index in [4.69, 9.17) is 11.6 Å². The van der Waals surface area contributed by atoms with Gasteiger partial charge in [0.15, 0.2) is 5.82 Å². The molecule has 8 heteroatoms. The maximum atomic E-state index is 12.7. The fourth-order valence-corrected chi connectivity index (χ4v) is 2.05. The van der Waals surface area contributed by atoms with Gasteiger partial charge in [-0.05, 0) is 41.9 Å². The molecule has 0 bridgehead atoms. The SMILES string of the molecule is Cc1nn(-c2cc(C(F)(F)F)cc(Cl)n2)c(C)c1Br. The lowest BCUT2D eigenvalue weighted by atomic mass is 10.2. The van der Waals surface area contributed by atoms with Crippen LogP contribution >= 0.6 is 27.5 Å². The summed E-state index contributed by atoms with van der Waals surface area (Å²) in [5, 5.41) is 3.90. The van der Waals surface area contributed by atoms with E-state index in [1.165, 1.54) is 4.68 Å². The van der Waals surface area contributed by atoms with Crippen LogP contribution in [0.3, 0.4) is 0 Å². The van der Waals surface area contributed by atoms with Crippen LogP contribution in [0, 0.1) is 13.8 Å². The van der Waals surface area contributed by atoms with Crippen LogP contribution in [0.15, 0.2) is 16.6 Å². The van der Waals surface area contributed by atoms with Crippen LogP contribution < -0.4 is 0 Å². The van der Waals surface area contributed by atoms with Crippen LogP contribution in [0.2, 0.25) is 5.15 Å². The van der Waals surface area contributed by atoms with Gasteiger partial charge in [-0.25, -0.2) is 9.67 Å². The third-order valence-electron chi connectivity index (χ3n) is 2.53. The quantitative estimate of drug-likeness (QED) is 0.714. The van der Waals surface area contributed by atoms with Gasteiger partial charge in [-0.1, -0.05) is 11.6 Å². The summed E-state index contributed by atoms with van der Waals surface area (Å²) in [6, 6.07) is 1.70. The summed E-state index contributed by atoms with van der Waals surface area (Å²) in [6.07, 6.45) is -4.48. The number of nitrogens with zero attached hydrogens (tertiary/aromatic N) is 3. The van der Waals surface area contributed by atoms with Crippen LogP contribution in [0.1, 0.15) is 17.0 Å². The molecular formula is C11H8BrClF3N3. The average molecular weight is 355 g/mol. The highest BCUT2D eigenvalue weighted by molar-refractivity contribution is 9.10. The van der Waals surface area contributed by atoms with E-state index >= 15 is 0 Å². The third kappa shape index (κ3) is 2.76. The Morgan fingerprint density at radius 2 is 1.89 bits per heavy atom.